The largest absolute Gasteiger partial charge is 0.456 e. The number of esters is 1. The summed E-state index contributed by atoms with van der Waals surface area (Å²) >= 11 is 12.7. The standard InChI is InChI=1S/C16H12Cl2N2O6S/c17-10-2-1-9(20(24)25)7-11(10)19-15(22)8-26-16(23)6-3-12(21)13-4-5-14(18)27-13/h1-2,4-5,7H,3,6,8H2,(H,19,22). The van der Waals surface area contributed by atoms with Crippen molar-refractivity contribution >= 4 is 63.6 Å². The van der Waals surface area contributed by atoms with Gasteiger partial charge in [-0.15, -0.1) is 11.3 Å². The first kappa shape index (κ1) is 20.8. The molecule has 1 heterocycles. The summed E-state index contributed by atoms with van der Waals surface area (Å²) in [5.41, 5.74) is -0.226. The second kappa shape index (κ2) is 9.45. The Balaban J connectivity index is 1.80. The molecule has 8 nitrogen and oxygen atoms in total. The average Bonchev–Trinajstić information content (AvgIpc) is 3.06. The molecule has 1 aromatic carbocycles. The van der Waals surface area contributed by atoms with Crippen LogP contribution in [0.2, 0.25) is 9.36 Å². The van der Waals surface area contributed by atoms with Crippen LogP contribution in [0.3, 0.4) is 0 Å². The zero-order valence-corrected chi connectivity index (χ0v) is 15.9. The SMILES string of the molecule is O=C(COC(=O)CCC(=O)c1ccc(Cl)s1)Nc1cc([N+](=O)[O-])ccc1Cl. The number of non-ortho nitro benzene ring substituents is 1. The van der Waals surface area contributed by atoms with E-state index in [-0.39, 0.29) is 35.0 Å². The molecule has 2 aromatic rings. The highest BCUT2D eigenvalue weighted by atomic mass is 35.5. The number of rotatable bonds is 8. The maximum atomic E-state index is 11.9. The number of nitrogens with one attached hydrogen (secondary N) is 1. The number of carbonyl (C=O) groups is 3. The number of anilines is 1. The van der Waals surface area contributed by atoms with Gasteiger partial charge >= 0.3 is 5.97 Å². The predicted octanol–water partition coefficient (Wildman–Crippen LogP) is 4.11. The van der Waals surface area contributed by atoms with Crippen molar-refractivity contribution in [3.63, 3.8) is 0 Å². The fourth-order valence-electron chi connectivity index (χ4n) is 1.93. The van der Waals surface area contributed by atoms with Gasteiger partial charge in [-0.3, -0.25) is 24.5 Å². The molecular weight excluding hydrogens is 419 g/mol. The van der Waals surface area contributed by atoms with Gasteiger partial charge in [0.1, 0.15) is 0 Å². The van der Waals surface area contributed by atoms with Gasteiger partial charge in [0, 0.05) is 18.6 Å². The molecule has 0 atom stereocenters. The van der Waals surface area contributed by atoms with Crippen molar-refractivity contribution in [2.24, 2.45) is 0 Å². The first-order chi connectivity index (χ1) is 12.8. The minimum Gasteiger partial charge on any atom is -0.456 e. The third kappa shape index (κ3) is 6.31. The molecule has 11 heteroatoms. The van der Waals surface area contributed by atoms with E-state index < -0.39 is 23.4 Å². The lowest BCUT2D eigenvalue weighted by molar-refractivity contribution is -0.384. The van der Waals surface area contributed by atoms with Gasteiger partial charge in [0.2, 0.25) is 0 Å². The number of amides is 1. The van der Waals surface area contributed by atoms with Gasteiger partial charge in [-0.25, -0.2) is 0 Å². The molecule has 2 rings (SSSR count). The van der Waals surface area contributed by atoms with E-state index in [2.05, 4.69) is 5.32 Å². The van der Waals surface area contributed by atoms with Crippen LogP contribution in [-0.4, -0.2) is 29.2 Å². The summed E-state index contributed by atoms with van der Waals surface area (Å²) in [4.78, 5) is 45.9. The quantitative estimate of drug-likeness (QED) is 0.291. The Hall–Kier alpha value is -2.49. The van der Waals surface area contributed by atoms with Crippen molar-refractivity contribution in [1.82, 2.24) is 0 Å². The number of hydrogen-bond acceptors (Lipinski definition) is 7. The molecule has 0 aliphatic rings. The van der Waals surface area contributed by atoms with E-state index in [0.29, 0.717) is 9.21 Å². The van der Waals surface area contributed by atoms with E-state index in [1.165, 1.54) is 12.1 Å². The van der Waals surface area contributed by atoms with Gasteiger partial charge in [0.15, 0.2) is 12.4 Å². The number of nitro groups is 1. The number of carbonyl (C=O) groups excluding carboxylic acids is 3. The lowest BCUT2D eigenvalue weighted by Gasteiger charge is -2.08. The lowest BCUT2D eigenvalue weighted by Crippen LogP contribution is -2.21. The summed E-state index contributed by atoms with van der Waals surface area (Å²) in [6, 6.07) is 6.70. The van der Waals surface area contributed by atoms with Crippen molar-refractivity contribution in [3.05, 3.63) is 54.7 Å². The Labute approximate surface area is 167 Å². The smallest absolute Gasteiger partial charge is 0.306 e. The Morgan fingerprint density at radius 1 is 1.15 bits per heavy atom. The maximum Gasteiger partial charge on any atom is 0.306 e. The molecule has 0 saturated heterocycles. The number of nitro benzene ring substituents is 1. The first-order valence-corrected chi connectivity index (χ1v) is 9.01. The Morgan fingerprint density at radius 2 is 1.89 bits per heavy atom. The Morgan fingerprint density at radius 3 is 2.52 bits per heavy atom. The number of nitrogens with zero attached hydrogens (tertiary/aromatic N) is 1. The molecule has 1 N–H and O–H groups in total. The first-order valence-electron chi connectivity index (χ1n) is 7.44. The van der Waals surface area contributed by atoms with Crippen LogP contribution in [0, 0.1) is 10.1 Å². The van der Waals surface area contributed by atoms with E-state index >= 15 is 0 Å². The molecule has 0 spiro atoms. The summed E-state index contributed by atoms with van der Waals surface area (Å²) in [6.07, 6.45) is -0.271. The highest BCUT2D eigenvalue weighted by Crippen LogP contribution is 2.26. The number of thiophene rings is 1. The van der Waals surface area contributed by atoms with E-state index in [0.717, 1.165) is 17.4 Å². The molecule has 1 aromatic heterocycles. The van der Waals surface area contributed by atoms with Crippen molar-refractivity contribution in [3.8, 4) is 0 Å². The molecule has 0 aliphatic carbocycles. The number of ether oxygens (including phenoxy) is 1. The number of halogens is 2. The van der Waals surface area contributed by atoms with Crippen molar-refractivity contribution in [2.45, 2.75) is 12.8 Å². The molecule has 0 radical (unpaired) electrons. The molecule has 27 heavy (non-hydrogen) atoms. The number of Topliss-reactive ketones (excluding diaryl/α,β-unsaturated/α-hetero) is 1. The monoisotopic (exact) mass is 430 g/mol. The number of ketones is 1. The normalized spacial score (nSPS) is 10.3. The summed E-state index contributed by atoms with van der Waals surface area (Å²) in [5, 5.41) is 13.2. The molecule has 0 bridgehead atoms. The summed E-state index contributed by atoms with van der Waals surface area (Å²) in [5.74, 6) is -1.70. The number of hydrogen-bond donors (Lipinski definition) is 1. The fraction of sp³-hybridized carbons (Fsp3) is 0.188. The average molecular weight is 431 g/mol. The van der Waals surface area contributed by atoms with E-state index in [1.807, 2.05) is 0 Å². The van der Waals surface area contributed by atoms with Crippen LogP contribution >= 0.6 is 34.5 Å². The molecule has 0 saturated carbocycles. The van der Waals surface area contributed by atoms with Crippen molar-refractivity contribution < 1.29 is 24.0 Å². The van der Waals surface area contributed by atoms with Crippen LogP contribution in [0.1, 0.15) is 22.5 Å². The van der Waals surface area contributed by atoms with Crippen LogP contribution in [0.5, 0.6) is 0 Å². The van der Waals surface area contributed by atoms with Crippen LogP contribution < -0.4 is 5.32 Å². The van der Waals surface area contributed by atoms with E-state index in [4.69, 9.17) is 27.9 Å². The fourth-order valence-corrected chi connectivity index (χ4v) is 3.11. The zero-order chi connectivity index (χ0) is 20.0. The molecule has 1 amide bonds. The third-order valence-corrected chi connectivity index (χ3v) is 4.81. The topological polar surface area (TPSA) is 116 Å². The van der Waals surface area contributed by atoms with E-state index in [9.17, 15) is 24.5 Å². The van der Waals surface area contributed by atoms with Crippen molar-refractivity contribution in [2.75, 3.05) is 11.9 Å². The van der Waals surface area contributed by atoms with Crippen molar-refractivity contribution in [1.29, 1.82) is 0 Å². The van der Waals surface area contributed by atoms with Crippen LogP contribution in [0.15, 0.2) is 30.3 Å². The molecule has 142 valence electrons. The van der Waals surface area contributed by atoms with Gasteiger partial charge in [0.25, 0.3) is 11.6 Å². The third-order valence-electron chi connectivity index (χ3n) is 3.20. The Kier molecular flexibility index (Phi) is 7.28. The molecule has 0 unspecified atom stereocenters. The second-order valence-corrected chi connectivity index (χ2v) is 7.28. The maximum absolute atomic E-state index is 11.9. The molecular formula is C16H12Cl2N2O6S. The van der Waals surface area contributed by atoms with Gasteiger partial charge < -0.3 is 10.1 Å². The highest BCUT2D eigenvalue weighted by molar-refractivity contribution is 7.18. The molecule has 0 aliphatic heterocycles. The van der Waals surface area contributed by atoms with Gasteiger partial charge in [0.05, 0.1) is 31.3 Å². The summed E-state index contributed by atoms with van der Waals surface area (Å²) in [6.45, 7) is -0.614. The molecule has 0 fully saturated rings. The summed E-state index contributed by atoms with van der Waals surface area (Å²) in [7, 11) is 0. The predicted molar refractivity (Wildman–Crippen MR) is 101 cm³/mol. The lowest BCUT2D eigenvalue weighted by atomic mass is 10.2. The van der Waals surface area contributed by atoms with Gasteiger partial charge in [-0.1, -0.05) is 23.2 Å². The van der Waals surface area contributed by atoms with Crippen LogP contribution in [0.25, 0.3) is 0 Å². The van der Waals surface area contributed by atoms with Crippen LogP contribution in [0.4, 0.5) is 11.4 Å². The second-order valence-electron chi connectivity index (χ2n) is 5.16. The van der Waals surface area contributed by atoms with Crippen LogP contribution in [-0.2, 0) is 14.3 Å². The minimum absolute atomic E-state index is 0.0247. The minimum atomic E-state index is -0.730. The Bertz CT molecular complexity index is 899. The summed E-state index contributed by atoms with van der Waals surface area (Å²) < 4.78 is 5.25. The highest BCUT2D eigenvalue weighted by Gasteiger charge is 2.15. The number of benzene rings is 1. The van der Waals surface area contributed by atoms with E-state index in [1.54, 1.807) is 12.1 Å². The van der Waals surface area contributed by atoms with Gasteiger partial charge in [-0.2, -0.15) is 0 Å². The zero-order valence-electron chi connectivity index (χ0n) is 13.6. The van der Waals surface area contributed by atoms with Gasteiger partial charge in [-0.05, 0) is 18.2 Å².